The Morgan fingerprint density at radius 2 is 2.06 bits per heavy atom. The molecule has 9 heteroatoms. The van der Waals surface area contributed by atoms with Crippen molar-refractivity contribution >= 4 is 28.8 Å². The molecule has 2 aromatic heterocycles. The zero-order chi connectivity index (χ0) is 24.0. The predicted molar refractivity (Wildman–Crippen MR) is 128 cm³/mol. The quantitative estimate of drug-likeness (QED) is 0.438. The van der Waals surface area contributed by atoms with E-state index in [0.717, 1.165) is 16.0 Å². The van der Waals surface area contributed by atoms with Crippen LogP contribution in [0.15, 0.2) is 49.2 Å². The molecular weight excluding hydrogens is 480 g/mol. The van der Waals surface area contributed by atoms with Crippen LogP contribution in [0.4, 0.5) is 8.78 Å². The van der Waals surface area contributed by atoms with E-state index in [4.69, 9.17) is 11.6 Å². The lowest BCUT2D eigenvalue weighted by molar-refractivity contribution is -0.127. The van der Waals surface area contributed by atoms with Crippen LogP contribution in [0.3, 0.4) is 0 Å². The Bertz CT molecular complexity index is 1250. The zero-order valence-electron chi connectivity index (χ0n) is 18.4. The van der Waals surface area contributed by atoms with Crippen LogP contribution in [0.5, 0.6) is 0 Å². The summed E-state index contributed by atoms with van der Waals surface area (Å²) in [5.74, 6) is -4.20. The summed E-state index contributed by atoms with van der Waals surface area (Å²) in [7, 11) is 0. The summed E-state index contributed by atoms with van der Waals surface area (Å²) in [5, 5.41) is 13.6. The fraction of sp³-hybridized carbons (Fsp3) is 0.360. The highest BCUT2D eigenvalue weighted by atomic mass is 35.5. The van der Waals surface area contributed by atoms with Crippen LogP contribution in [0.25, 0.3) is 11.1 Å². The number of rotatable bonds is 7. The van der Waals surface area contributed by atoms with Crippen molar-refractivity contribution in [1.82, 2.24) is 14.7 Å². The minimum atomic E-state index is -3.06. The molecular formula is C25H24ClF2N3O2S. The van der Waals surface area contributed by atoms with Crippen molar-refractivity contribution in [3.05, 3.63) is 75.2 Å². The SMILES string of the molecule is C=CC(=O)N1Cc2sc(Cl)cc2[C@H](c2ccccc2-c2cn(CCO)nc2C(F)(F)C2CC2)C1. The number of nitrogens with zero attached hydrogens (tertiary/aromatic N) is 3. The Balaban J connectivity index is 1.65. The standard InChI is InChI=1S/C25H24ClF2N3O2S/c1-2-23(33)30-12-19(18-11-22(26)34-21(18)14-30)16-5-3-4-6-17(16)20-13-31(9-10-32)29-24(20)25(27,28)15-7-8-15/h2-6,11,13,15,19,32H,1,7-10,12,14H2/t19-/m0/s1. The first-order chi connectivity index (χ1) is 16.3. The van der Waals surface area contributed by atoms with Crippen molar-refractivity contribution in [2.45, 2.75) is 37.8 Å². The molecule has 0 saturated heterocycles. The molecule has 1 aliphatic carbocycles. The average molecular weight is 504 g/mol. The first-order valence-corrected chi connectivity index (χ1v) is 12.4. The molecule has 1 aromatic carbocycles. The van der Waals surface area contributed by atoms with Gasteiger partial charge in [-0.1, -0.05) is 42.4 Å². The van der Waals surface area contributed by atoms with E-state index in [2.05, 4.69) is 11.7 Å². The highest BCUT2D eigenvalue weighted by Crippen LogP contribution is 2.52. The van der Waals surface area contributed by atoms with Gasteiger partial charge in [-0.25, -0.2) is 0 Å². The molecule has 0 radical (unpaired) electrons. The number of carbonyl (C=O) groups excluding carboxylic acids is 1. The number of hydrogen-bond acceptors (Lipinski definition) is 4. The van der Waals surface area contributed by atoms with Gasteiger partial charge in [0, 0.05) is 35.0 Å². The number of amides is 1. The van der Waals surface area contributed by atoms with E-state index < -0.39 is 11.8 Å². The summed E-state index contributed by atoms with van der Waals surface area (Å²) < 4.78 is 32.7. The summed E-state index contributed by atoms with van der Waals surface area (Å²) in [5.41, 5.74) is 2.59. The van der Waals surface area contributed by atoms with E-state index in [1.165, 1.54) is 22.1 Å². The maximum absolute atomic E-state index is 15.4. The summed E-state index contributed by atoms with van der Waals surface area (Å²) >= 11 is 7.77. The Labute approximate surface area is 205 Å². The molecule has 1 fully saturated rings. The number of halogens is 3. The first kappa shape index (κ1) is 23.2. The van der Waals surface area contributed by atoms with E-state index in [9.17, 15) is 9.90 Å². The number of aliphatic hydroxyl groups is 1. The maximum atomic E-state index is 15.4. The summed E-state index contributed by atoms with van der Waals surface area (Å²) in [4.78, 5) is 15.2. The molecule has 1 amide bonds. The smallest absolute Gasteiger partial charge is 0.294 e. The summed E-state index contributed by atoms with van der Waals surface area (Å²) in [6.07, 6.45) is 3.83. The van der Waals surface area contributed by atoms with E-state index in [1.54, 1.807) is 11.1 Å². The van der Waals surface area contributed by atoms with Crippen LogP contribution in [0.1, 0.15) is 40.5 Å². The molecule has 5 nitrogen and oxygen atoms in total. The molecule has 178 valence electrons. The van der Waals surface area contributed by atoms with Crippen molar-refractivity contribution < 1.29 is 18.7 Å². The number of hydrogen-bond donors (Lipinski definition) is 1. The molecule has 3 aromatic rings. The largest absolute Gasteiger partial charge is 0.394 e. The number of alkyl halides is 2. The second kappa shape index (κ2) is 8.91. The molecule has 1 atom stereocenters. The van der Waals surface area contributed by atoms with Crippen LogP contribution in [0, 0.1) is 5.92 Å². The van der Waals surface area contributed by atoms with Crippen molar-refractivity contribution in [2.75, 3.05) is 13.2 Å². The zero-order valence-corrected chi connectivity index (χ0v) is 20.0. The minimum absolute atomic E-state index is 0.130. The third-order valence-corrected chi connectivity index (χ3v) is 7.80. The minimum Gasteiger partial charge on any atom is -0.394 e. The van der Waals surface area contributed by atoms with Gasteiger partial charge in [-0.05, 0) is 41.7 Å². The third-order valence-electron chi connectivity index (χ3n) is 6.53. The number of benzene rings is 1. The van der Waals surface area contributed by atoms with Gasteiger partial charge in [0.1, 0.15) is 5.69 Å². The van der Waals surface area contributed by atoms with E-state index in [0.29, 0.717) is 41.4 Å². The molecule has 1 N–H and O–H groups in total. The first-order valence-electron chi connectivity index (χ1n) is 11.2. The van der Waals surface area contributed by atoms with Crippen LogP contribution < -0.4 is 0 Å². The van der Waals surface area contributed by atoms with Crippen LogP contribution >= 0.6 is 22.9 Å². The number of aliphatic hydroxyl groups excluding tert-OH is 1. The van der Waals surface area contributed by atoms with E-state index >= 15 is 8.78 Å². The molecule has 3 heterocycles. The average Bonchev–Trinajstić information content (AvgIpc) is 3.50. The molecule has 0 bridgehead atoms. The lowest BCUT2D eigenvalue weighted by atomic mass is 9.83. The van der Waals surface area contributed by atoms with Crippen molar-refractivity contribution in [2.24, 2.45) is 5.92 Å². The van der Waals surface area contributed by atoms with Gasteiger partial charge in [0.25, 0.3) is 5.92 Å². The Hall–Kier alpha value is -2.55. The third kappa shape index (κ3) is 4.08. The second-order valence-corrected chi connectivity index (χ2v) is 10.5. The molecule has 1 saturated carbocycles. The predicted octanol–water partition coefficient (Wildman–Crippen LogP) is 5.42. The molecule has 5 rings (SSSR count). The van der Waals surface area contributed by atoms with Crippen LogP contribution in [-0.4, -0.2) is 38.8 Å². The number of aromatic nitrogens is 2. The van der Waals surface area contributed by atoms with Gasteiger partial charge in [0.15, 0.2) is 0 Å². The fourth-order valence-corrected chi connectivity index (χ4v) is 6.07. The summed E-state index contributed by atoms with van der Waals surface area (Å²) in [6, 6.07) is 9.34. The van der Waals surface area contributed by atoms with Crippen LogP contribution in [0.2, 0.25) is 4.34 Å². The molecule has 0 unspecified atom stereocenters. The van der Waals surface area contributed by atoms with Gasteiger partial charge in [-0.2, -0.15) is 13.9 Å². The molecule has 1 aliphatic heterocycles. The Kier molecular flexibility index (Phi) is 6.08. The number of thiophene rings is 1. The van der Waals surface area contributed by atoms with Crippen molar-refractivity contribution in [3.8, 4) is 11.1 Å². The van der Waals surface area contributed by atoms with Gasteiger partial charge in [0.2, 0.25) is 5.91 Å². The Morgan fingerprint density at radius 1 is 1.29 bits per heavy atom. The molecule has 34 heavy (non-hydrogen) atoms. The summed E-state index contributed by atoms with van der Waals surface area (Å²) in [6.45, 7) is 4.37. The van der Waals surface area contributed by atoms with Gasteiger partial charge in [0.05, 0.1) is 24.0 Å². The van der Waals surface area contributed by atoms with Crippen molar-refractivity contribution in [1.29, 1.82) is 0 Å². The molecule has 2 aliphatic rings. The highest BCUT2D eigenvalue weighted by Gasteiger charge is 2.51. The number of carbonyl (C=O) groups is 1. The Morgan fingerprint density at radius 3 is 2.76 bits per heavy atom. The second-order valence-electron chi connectivity index (χ2n) is 8.77. The van der Waals surface area contributed by atoms with Gasteiger partial charge in [-0.3, -0.25) is 9.48 Å². The van der Waals surface area contributed by atoms with Crippen LogP contribution in [-0.2, 0) is 23.8 Å². The fourth-order valence-electron chi connectivity index (χ4n) is 4.71. The monoisotopic (exact) mass is 503 g/mol. The van der Waals surface area contributed by atoms with E-state index in [-0.39, 0.29) is 30.7 Å². The maximum Gasteiger partial charge on any atom is 0.294 e. The highest BCUT2D eigenvalue weighted by molar-refractivity contribution is 7.16. The lowest BCUT2D eigenvalue weighted by Gasteiger charge is -2.33. The molecule has 0 spiro atoms. The number of fused-ring (bicyclic) bond motifs is 1. The van der Waals surface area contributed by atoms with Gasteiger partial charge in [-0.15, -0.1) is 11.3 Å². The van der Waals surface area contributed by atoms with Gasteiger partial charge < -0.3 is 10.0 Å². The van der Waals surface area contributed by atoms with E-state index in [1.807, 2.05) is 30.3 Å². The van der Waals surface area contributed by atoms with Crippen molar-refractivity contribution in [3.63, 3.8) is 0 Å². The topological polar surface area (TPSA) is 58.4 Å². The normalized spacial score (nSPS) is 18.1. The van der Waals surface area contributed by atoms with Gasteiger partial charge >= 0.3 is 0 Å². The lowest BCUT2D eigenvalue weighted by Crippen LogP contribution is -2.37.